The maximum absolute atomic E-state index is 12.7. The third kappa shape index (κ3) is 4.48. The number of hydrogen-bond donors (Lipinski definition) is 1. The lowest BCUT2D eigenvalue weighted by Gasteiger charge is -2.24. The molecule has 0 saturated heterocycles. The number of hydrogen-bond acceptors (Lipinski definition) is 4. The summed E-state index contributed by atoms with van der Waals surface area (Å²) in [6.45, 7) is 4.15. The smallest absolute Gasteiger partial charge is 0.246 e. The molecule has 116 valence electrons. The second kappa shape index (κ2) is 7.32. The number of rotatable bonds is 6. The van der Waals surface area contributed by atoms with Crippen LogP contribution in [0.25, 0.3) is 0 Å². The Morgan fingerprint density at radius 2 is 1.86 bits per heavy atom. The first-order chi connectivity index (χ1) is 9.70. The fourth-order valence-corrected chi connectivity index (χ4v) is 4.63. The van der Waals surface area contributed by atoms with Crippen molar-refractivity contribution in [2.75, 3.05) is 18.8 Å². The number of nitrogens with two attached hydrogens (primary N) is 1. The first-order valence-corrected chi connectivity index (χ1v) is 8.51. The van der Waals surface area contributed by atoms with Gasteiger partial charge >= 0.3 is 0 Å². The predicted octanol–water partition coefficient (Wildman–Crippen LogP) is 3.14. The summed E-state index contributed by atoms with van der Waals surface area (Å²) in [4.78, 5) is -0.168. The molecule has 0 saturated carbocycles. The van der Waals surface area contributed by atoms with Crippen molar-refractivity contribution in [3.8, 4) is 6.07 Å². The van der Waals surface area contributed by atoms with E-state index in [0.29, 0.717) is 0 Å². The van der Waals surface area contributed by atoms with E-state index in [1.54, 1.807) is 0 Å². The highest BCUT2D eigenvalue weighted by Gasteiger charge is 2.29. The van der Waals surface area contributed by atoms with Crippen molar-refractivity contribution in [2.24, 2.45) is 5.92 Å². The summed E-state index contributed by atoms with van der Waals surface area (Å²) in [5.74, 6) is 0.102. The molecule has 0 bridgehead atoms. The van der Waals surface area contributed by atoms with Crippen molar-refractivity contribution in [2.45, 2.75) is 25.2 Å². The largest absolute Gasteiger partial charge is 0.399 e. The average molecular weight is 350 g/mol. The second-order valence-electron chi connectivity index (χ2n) is 4.98. The molecule has 0 aliphatic rings. The van der Waals surface area contributed by atoms with E-state index in [0.717, 1.165) is 0 Å². The van der Waals surface area contributed by atoms with Gasteiger partial charge in [0, 0.05) is 25.2 Å². The first-order valence-electron chi connectivity index (χ1n) is 6.31. The Labute approximate surface area is 135 Å². The zero-order valence-electron chi connectivity index (χ0n) is 11.8. The van der Waals surface area contributed by atoms with Gasteiger partial charge in [0.25, 0.3) is 0 Å². The van der Waals surface area contributed by atoms with Crippen LogP contribution in [-0.2, 0) is 10.0 Å². The number of sulfonamides is 1. The SMILES string of the molecule is CC(C)CN(CCC#N)S(=O)(=O)c1c(Cl)cc(N)cc1Cl. The number of nitriles is 1. The minimum Gasteiger partial charge on any atom is -0.399 e. The van der Waals surface area contributed by atoms with Crippen molar-refractivity contribution in [3.63, 3.8) is 0 Å². The van der Waals surface area contributed by atoms with E-state index in [9.17, 15) is 8.42 Å². The molecule has 0 aromatic heterocycles. The van der Waals surface area contributed by atoms with Crippen LogP contribution in [0, 0.1) is 17.2 Å². The van der Waals surface area contributed by atoms with E-state index in [4.69, 9.17) is 34.2 Å². The first kappa shape index (κ1) is 18.1. The van der Waals surface area contributed by atoms with Crippen molar-refractivity contribution in [1.29, 1.82) is 5.26 Å². The molecule has 0 radical (unpaired) electrons. The molecule has 0 amide bonds. The van der Waals surface area contributed by atoms with Crippen LogP contribution in [0.15, 0.2) is 17.0 Å². The van der Waals surface area contributed by atoms with Gasteiger partial charge in [-0.15, -0.1) is 0 Å². The fourth-order valence-electron chi connectivity index (χ4n) is 1.85. The molecule has 0 aliphatic carbocycles. The van der Waals surface area contributed by atoms with Crippen molar-refractivity contribution in [1.82, 2.24) is 4.31 Å². The Balaban J connectivity index is 3.32. The highest BCUT2D eigenvalue weighted by molar-refractivity contribution is 7.89. The molecular formula is C13H17Cl2N3O2S. The third-order valence-corrected chi connectivity index (χ3v) is 5.45. The zero-order chi connectivity index (χ0) is 16.2. The van der Waals surface area contributed by atoms with Crippen molar-refractivity contribution in [3.05, 3.63) is 22.2 Å². The van der Waals surface area contributed by atoms with Crippen LogP contribution in [0.3, 0.4) is 0 Å². The van der Waals surface area contributed by atoms with E-state index in [2.05, 4.69) is 0 Å². The maximum Gasteiger partial charge on any atom is 0.246 e. The molecule has 0 unspecified atom stereocenters. The molecule has 1 aromatic rings. The summed E-state index contributed by atoms with van der Waals surface area (Å²) in [6, 6.07) is 4.63. The van der Waals surface area contributed by atoms with Crippen molar-refractivity contribution >= 4 is 38.9 Å². The normalized spacial score (nSPS) is 11.9. The Bertz CT molecular complexity index is 631. The molecule has 8 heteroatoms. The van der Waals surface area contributed by atoms with Crippen LogP contribution in [-0.4, -0.2) is 25.8 Å². The van der Waals surface area contributed by atoms with Gasteiger partial charge in [-0.2, -0.15) is 9.57 Å². The van der Waals surface area contributed by atoms with E-state index >= 15 is 0 Å². The van der Waals surface area contributed by atoms with Crippen LogP contribution in [0.5, 0.6) is 0 Å². The summed E-state index contributed by atoms with van der Waals surface area (Å²) >= 11 is 12.0. The van der Waals surface area contributed by atoms with Crippen LogP contribution in [0.2, 0.25) is 10.0 Å². The van der Waals surface area contributed by atoms with Crippen molar-refractivity contribution < 1.29 is 8.42 Å². The Morgan fingerprint density at radius 1 is 1.33 bits per heavy atom. The van der Waals surface area contributed by atoms with Gasteiger partial charge in [-0.1, -0.05) is 37.0 Å². The number of anilines is 1. The van der Waals surface area contributed by atoms with E-state index in [1.165, 1.54) is 16.4 Å². The van der Waals surface area contributed by atoms with Gasteiger partial charge < -0.3 is 5.73 Å². The lowest BCUT2D eigenvalue weighted by Crippen LogP contribution is -2.35. The summed E-state index contributed by atoms with van der Waals surface area (Å²) in [6.07, 6.45) is 0.0934. The minimum absolute atomic E-state index is 0.0225. The highest BCUT2D eigenvalue weighted by Crippen LogP contribution is 2.34. The third-order valence-electron chi connectivity index (χ3n) is 2.66. The molecule has 21 heavy (non-hydrogen) atoms. The summed E-state index contributed by atoms with van der Waals surface area (Å²) in [5.41, 5.74) is 5.88. The summed E-state index contributed by atoms with van der Waals surface area (Å²) in [5, 5.41) is 8.65. The molecule has 0 spiro atoms. The molecule has 1 aromatic carbocycles. The van der Waals surface area contributed by atoms with Gasteiger partial charge in [-0.05, 0) is 18.1 Å². The number of benzene rings is 1. The van der Waals surface area contributed by atoms with Crippen LogP contribution in [0.4, 0.5) is 5.69 Å². The van der Waals surface area contributed by atoms with Gasteiger partial charge in [-0.25, -0.2) is 8.42 Å². The molecular weight excluding hydrogens is 333 g/mol. The Hall–Kier alpha value is -1.00. The predicted molar refractivity (Wildman–Crippen MR) is 84.7 cm³/mol. The van der Waals surface area contributed by atoms with Crippen LogP contribution >= 0.6 is 23.2 Å². The van der Waals surface area contributed by atoms with E-state index in [-0.39, 0.29) is 46.1 Å². The standard InChI is InChI=1S/C13H17Cl2N3O2S/c1-9(2)8-18(5-3-4-16)21(19,20)13-11(14)6-10(17)7-12(13)15/h6-7,9H,3,5,8,17H2,1-2H3. The zero-order valence-corrected chi connectivity index (χ0v) is 14.1. The number of nitrogen functional groups attached to an aromatic ring is 1. The van der Waals surface area contributed by atoms with Gasteiger partial charge in [0.1, 0.15) is 4.90 Å². The van der Waals surface area contributed by atoms with Gasteiger partial charge in [-0.3, -0.25) is 0 Å². The van der Waals surface area contributed by atoms with Gasteiger partial charge in [0.05, 0.1) is 16.1 Å². The van der Waals surface area contributed by atoms with Gasteiger partial charge in [0.15, 0.2) is 0 Å². The summed E-state index contributed by atoms with van der Waals surface area (Å²) < 4.78 is 26.7. The van der Waals surface area contributed by atoms with Gasteiger partial charge in [0.2, 0.25) is 10.0 Å². The molecule has 2 N–H and O–H groups in total. The number of halogens is 2. The fraction of sp³-hybridized carbons (Fsp3) is 0.462. The van der Waals surface area contributed by atoms with Crippen LogP contribution < -0.4 is 5.73 Å². The average Bonchev–Trinajstić information content (AvgIpc) is 2.32. The lowest BCUT2D eigenvalue weighted by atomic mass is 10.2. The second-order valence-corrected chi connectivity index (χ2v) is 7.67. The highest BCUT2D eigenvalue weighted by atomic mass is 35.5. The molecule has 0 fully saturated rings. The Kier molecular flexibility index (Phi) is 6.29. The lowest BCUT2D eigenvalue weighted by molar-refractivity contribution is 0.373. The number of nitrogens with zero attached hydrogens (tertiary/aromatic N) is 2. The Morgan fingerprint density at radius 3 is 2.29 bits per heavy atom. The monoisotopic (exact) mass is 349 g/mol. The minimum atomic E-state index is -3.88. The van der Waals surface area contributed by atoms with Crippen LogP contribution in [0.1, 0.15) is 20.3 Å². The van der Waals surface area contributed by atoms with E-state index in [1.807, 2.05) is 19.9 Å². The quantitative estimate of drug-likeness (QED) is 0.799. The van der Waals surface area contributed by atoms with E-state index < -0.39 is 10.0 Å². The topological polar surface area (TPSA) is 87.2 Å². The maximum atomic E-state index is 12.7. The summed E-state index contributed by atoms with van der Waals surface area (Å²) in [7, 11) is -3.88. The molecule has 1 rings (SSSR count). The molecule has 0 aliphatic heterocycles. The molecule has 0 atom stereocenters. The molecule has 5 nitrogen and oxygen atoms in total. The molecule has 0 heterocycles.